The molecule has 2 heterocycles. The minimum absolute atomic E-state index is 0.0154. The zero-order valence-corrected chi connectivity index (χ0v) is 15.2. The number of ether oxygens (including phenoxy) is 2. The molecule has 2 aromatic rings. The molecule has 0 saturated carbocycles. The predicted molar refractivity (Wildman–Crippen MR) is 98.1 cm³/mol. The standard InChI is InChI=1S/C19H18ClN3O3/c1-11-9-15-17(19(24)23(11)7-8-25-2)16(13(10-21)18(22)26-15)12-5-3-4-6-14(12)20/h3-6,9,16H,7-8,22H2,1-2H3/t16-/m0/s1. The van der Waals surface area contributed by atoms with Gasteiger partial charge in [-0.05, 0) is 18.6 Å². The van der Waals surface area contributed by atoms with Gasteiger partial charge in [0.25, 0.3) is 5.56 Å². The third-order valence-electron chi connectivity index (χ3n) is 4.43. The van der Waals surface area contributed by atoms with Crippen LogP contribution in [0.3, 0.4) is 0 Å². The number of methoxy groups -OCH3 is 1. The number of benzene rings is 1. The normalized spacial score (nSPS) is 16.0. The highest BCUT2D eigenvalue weighted by molar-refractivity contribution is 6.31. The summed E-state index contributed by atoms with van der Waals surface area (Å²) in [7, 11) is 1.58. The lowest BCUT2D eigenvalue weighted by atomic mass is 9.84. The zero-order chi connectivity index (χ0) is 18.8. The number of aromatic nitrogens is 1. The lowest BCUT2D eigenvalue weighted by molar-refractivity contribution is 0.185. The first-order chi connectivity index (χ1) is 12.5. The van der Waals surface area contributed by atoms with Crippen molar-refractivity contribution in [3.8, 4) is 11.8 Å². The van der Waals surface area contributed by atoms with Gasteiger partial charge >= 0.3 is 0 Å². The van der Waals surface area contributed by atoms with Crippen LogP contribution in [0.5, 0.6) is 5.75 Å². The van der Waals surface area contributed by atoms with E-state index in [1.54, 1.807) is 42.0 Å². The number of fused-ring (bicyclic) bond motifs is 1. The molecule has 0 radical (unpaired) electrons. The number of nitrogens with zero attached hydrogens (tertiary/aromatic N) is 2. The molecule has 3 rings (SSSR count). The molecule has 26 heavy (non-hydrogen) atoms. The molecular formula is C19H18ClN3O3. The van der Waals surface area contributed by atoms with Gasteiger partial charge in [0.2, 0.25) is 5.88 Å². The lowest BCUT2D eigenvalue weighted by Crippen LogP contribution is -2.33. The number of allylic oxidation sites excluding steroid dienone is 1. The topological polar surface area (TPSA) is 90.3 Å². The van der Waals surface area contributed by atoms with Crippen LogP contribution in [0.2, 0.25) is 5.02 Å². The average Bonchev–Trinajstić information content (AvgIpc) is 2.61. The van der Waals surface area contributed by atoms with Crippen LogP contribution in [-0.4, -0.2) is 18.3 Å². The number of nitrogens with two attached hydrogens (primary N) is 1. The highest BCUT2D eigenvalue weighted by atomic mass is 35.5. The van der Waals surface area contributed by atoms with Crippen molar-refractivity contribution >= 4 is 11.6 Å². The fraction of sp³-hybridized carbons (Fsp3) is 0.263. The predicted octanol–water partition coefficient (Wildman–Crippen LogP) is 2.67. The van der Waals surface area contributed by atoms with Crippen LogP contribution in [0.15, 0.2) is 46.6 Å². The Hall–Kier alpha value is -2.75. The molecule has 0 spiro atoms. The van der Waals surface area contributed by atoms with Crippen LogP contribution in [0, 0.1) is 18.3 Å². The summed E-state index contributed by atoms with van der Waals surface area (Å²) in [5, 5.41) is 10.1. The summed E-state index contributed by atoms with van der Waals surface area (Å²) in [6, 6.07) is 10.9. The van der Waals surface area contributed by atoms with E-state index in [1.807, 2.05) is 6.92 Å². The van der Waals surface area contributed by atoms with Gasteiger partial charge in [0.1, 0.15) is 17.4 Å². The second-order valence-corrected chi connectivity index (χ2v) is 6.37. The van der Waals surface area contributed by atoms with E-state index in [0.29, 0.717) is 35.1 Å². The van der Waals surface area contributed by atoms with Gasteiger partial charge < -0.3 is 19.8 Å². The Labute approximate surface area is 156 Å². The second-order valence-electron chi connectivity index (χ2n) is 5.96. The highest BCUT2D eigenvalue weighted by Gasteiger charge is 2.35. The molecule has 0 amide bonds. The highest BCUT2D eigenvalue weighted by Crippen LogP contribution is 2.42. The second kappa shape index (κ2) is 7.24. The van der Waals surface area contributed by atoms with E-state index >= 15 is 0 Å². The van der Waals surface area contributed by atoms with Crippen LogP contribution >= 0.6 is 11.6 Å². The number of pyridine rings is 1. The molecule has 0 unspecified atom stereocenters. The van der Waals surface area contributed by atoms with Gasteiger partial charge in [-0.25, -0.2) is 0 Å². The van der Waals surface area contributed by atoms with Crippen molar-refractivity contribution in [3.63, 3.8) is 0 Å². The van der Waals surface area contributed by atoms with Crippen molar-refractivity contribution in [3.05, 3.63) is 74.0 Å². The number of aryl methyl sites for hydroxylation is 1. The van der Waals surface area contributed by atoms with E-state index in [-0.39, 0.29) is 17.0 Å². The van der Waals surface area contributed by atoms with Gasteiger partial charge in [-0.3, -0.25) is 4.79 Å². The molecule has 0 bridgehead atoms. The Morgan fingerprint density at radius 1 is 1.42 bits per heavy atom. The fourth-order valence-corrected chi connectivity index (χ4v) is 3.41. The zero-order valence-electron chi connectivity index (χ0n) is 14.5. The van der Waals surface area contributed by atoms with Crippen molar-refractivity contribution in [2.45, 2.75) is 19.4 Å². The molecule has 0 fully saturated rings. The van der Waals surface area contributed by atoms with Gasteiger partial charge in [-0.15, -0.1) is 0 Å². The van der Waals surface area contributed by atoms with E-state index in [2.05, 4.69) is 6.07 Å². The number of rotatable bonds is 4. The molecule has 2 N–H and O–H groups in total. The maximum Gasteiger partial charge on any atom is 0.258 e. The molecule has 7 heteroatoms. The first-order valence-corrected chi connectivity index (χ1v) is 8.42. The smallest absolute Gasteiger partial charge is 0.258 e. The fourth-order valence-electron chi connectivity index (χ4n) is 3.17. The molecule has 0 saturated heterocycles. The minimum atomic E-state index is -0.681. The SMILES string of the molecule is COCCn1c(C)cc2c(c1=O)[C@@H](c1ccccc1Cl)C(C#N)=C(N)O2. The third-order valence-corrected chi connectivity index (χ3v) is 4.77. The van der Waals surface area contributed by atoms with Crippen LogP contribution in [-0.2, 0) is 11.3 Å². The van der Waals surface area contributed by atoms with Crippen molar-refractivity contribution in [1.29, 1.82) is 5.26 Å². The summed E-state index contributed by atoms with van der Waals surface area (Å²) >= 11 is 6.36. The summed E-state index contributed by atoms with van der Waals surface area (Å²) in [4.78, 5) is 13.2. The largest absolute Gasteiger partial charge is 0.440 e. The van der Waals surface area contributed by atoms with Crippen molar-refractivity contribution < 1.29 is 9.47 Å². The maximum atomic E-state index is 13.2. The summed E-state index contributed by atoms with van der Waals surface area (Å²) < 4.78 is 12.3. The Morgan fingerprint density at radius 3 is 2.81 bits per heavy atom. The minimum Gasteiger partial charge on any atom is -0.440 e. The molecule has 6 nitrogen and oxygen atoms in total. The van der Waals surface area contributed by atoms with Crippen LogP contribution in [0.1, 0.15) is 22.7 Å². The van der Waals surface area contributed by atoms with E-state index in [0.717, 1.165) is 5.69 Å². The molecule has 1 aromatic carbocycles. The van der Waals surface area contributed by atoms with Gasteiger partial charge in [-0.1, -0.05) is 29.8 Å². The Balaban J connectivity index is 2.30. The van der Waals surface area contributed by atoms with Crippen molar-refractivity contribution in [2.75, 3.05) is 13.7 Å². The summed E-state index contributed by atoms with van der Waals surface area (Å²) in [5.74, 6) is -0.347. The third kappa shape index (κ3) is 2.96. The number of hydrogen-bond donors (Lipinski definition) is 1. The van der Waals surface area contributed by atoms with E-state index < -0.39 is 5.92 Å². The molecule has 1 aliphatic rings. The van der Waals surface area contributed by atoms with Crippen LogP contribution in [0.4, 0.5) is 0 Å². The summed E-state index contributed by atoms with van der Waals surface area (Å²) in [6.07, 6.45) is 0. The molecule has 0 aliphatic carbocycles. The van der Waals surface area contributed by atoms with E-state index in [9.17, 15) is 10.1 Å². The summed E-state index contributed by atoms with van der Waals surface area (Å²) in [5.41, 5.74) is 7.60. The van der Waals surface area contributed by atoms with Gasteiger partial charge in [0.15, 0.2) is 0 Å². The summed E-state index contributed by atoms with van der Waals surface area (Å²) in [6.45, 7) is 2.59. The molecule has 134 valence electrons. The Kier molecular flexibility index (Phi) is 5.03. The number of hydrogen-bond acceptors (Lipinski definition) is 5. The van der Waals surface area contributed by atoms with Crippen LogP contribution in [0.25, 0.3) is 0 Å². The van der Waals surface area contributed by atoms with Gasteiger partial charge in [-0.2, -0.15) is 5.26 Å². The van der Waals surface area contributed by atoms with Crippen molar-refractivity contribution in [2.24, 2.45) is 5.73 Å². The van der Waals surface area contributed by atoms with E-state index in [1.165, 1.54) is 0 Å². The molecular weight excluding hydrogens is 354 g/mol. The quantitative estimate of drug-likeness (QED) is 0.892. The first kappa shape index (κ1) is 18.1. The van der Waals surface area contributed by atoms with Crippen LogP contribution < -0.4 is 16.0 Å². The van der Waals surface area contributed by atoms with E-state index in [4.69, 9.17) is 26.8 Å². The molecule has 1 aromatic heterocycles. The monoisotopic (exact) mass is 371 g/mol. The van der Waals surface area contributed by atoms with Gasteiger partial charge in [0.05, 0.1) is 18.1 Å². The first-order valence-electron chi connectivity index (χ1n) is 8.04. The lowest BCUT2D eigenvalue weighted by Gasteiger charge is -2.27. The average molecular weight is 372 g/mol. The van der Waals surface area contributed by atoms with Crippen molar-refractivity contribution in [1.82, 2.24) is 4.57 Å². The molecule has 1 aliphatic heterocycles. The Bertz CT molecular complexity index is 988. The maximum absolute atomic E-state index is 13.2. The van der Waals surface area contributed by atoms with Gasteiger partial charge in [0, 0.05) is 30.4 Å². The number of nitriles is 1. The molecule has 1 atom stereocenters. The Morgan fingerprint density at radius 2 is 2.15 bits per heavy atom. The number of halogens is 1.